The molecule has 0 bridgehead atoms. The second kappa shape index (κ2) is 40.8. The minimum absolute atomic E-state index is 0. The molecule has 0 heterocycles. The van der Waals surface area contributed by atoms with Crippen LogP contribution in [-0.2, 0) is 9.59 Å². The van der Waals surface area contributed by atoms with Crippen molar-refractivity contribution in [2.24, 2.45) is 0 Å². The second-order valence-electron chi connectivity index (χ2n) is 10.7. The van der Waals surface area contributed by atoms with Gasteiger partial charge in [-0.15, -0.1) is 0 Å². The molecule has 5 heteroatoms. The number of carboxylic acid groups (broad SMARTS) is 2. The van der Waals surface area contributed by atoms with Crippen molar-refractivity contribution in [1.29, 1.82) is 0 Å². The fraction of sp³-hybridized carbons (Fsp3) is 0.722. The van der Waals surface area contributed by atoms with Crippen molar-refractivity contribution in [2.75, 3.05) is 0 Å². The summed E-state index contributed by atoms with van der Waals surface area (Å²) in [6.07, 6.45) is 43.9. The molecule has 0 aromatic heterocycles. The summed E-state index contributed by atoms with van der Waals surface area (Å²) < 4.78 is 0. The number of carbonyl (C=O) groups excluding carboxylic acids is 2. The van der Waals surface area contributed by atoms with E-state index >= 15 is 0 Å². The van der Waals surface area contributed by atoms with E-state index in [2.05, 4.69) is 62.5 Å². The number of carboxylic acids is 2. The van der Waals surface area contributed by atoms with Gasteiger partial charge in [-0.25, -0.2) is 0 Å². The van der Waals surface area contributed by atoms with E-state index in [1.54, 1.807) is 0 Å². The molecule has 0 spiro atoms. The van der Waals surface area contributed by atoms with Gasteiger partial charge in [0.1, 0.15) is 0 Å². The molecule has 0 aliphatic heterocycles. The zero-order chi connectivity index (χ0) is 29.8. The fourth-order valence-electron chi connectivity index (χ4n) is 4.16. The normalized spacial score (nSPS) is 11.4. The van der Waals surface area contributed by atoms with Crippen molar-refractivity contribution in [3.8, 4) is 0 Å². The Morgan fingerprint density at radius 2 is 0.683 bits per heavy atom. The molecule has 0 saturated heterocycles. The van der Waals surface area contributed by atoms with Crippen LogP contribution in [0.4, 0.5) is 0 Å². The predicted molar refractivity (Wildman–Crippen MR) is 177 cm³/mol. The topological polar surface area (TPSA) is 80.3 Å². The van der Waals surface area contributed by atoms with Crippen LogP contribution in [0.2, 0.25) is 0 Å². The molecule has 0 aromatic rings. The van der Waals surface area contributed by atoms with Gasteiger partial charge in [0.25, 0.3) is 0 Å². The molecule has 0 unspecified atom stereocenters. The third kappa shape index (κ3) is 48.7. The van der Waals surface area contributed by atoms with Crippen LogP contribution < -0.4 is 10.2 Å². The van der Waals surface area contributed by atoms with Crippen molar-refractivity contribution in [2.45, 2.75) is 168 Å². The third-order valence-corrected chi connectivity index (χ3v) is 6.66. The second-order valence-corrected chi connectivity index (χ2v) is 10.7. The van der Waals surface area contributed by atoms with Crippen molar-refractivity contribution in [3.05, 3.63) is 48.6 Å². The van der Waals surface area contributed by atoms with Gasteiger partial charge in [0.15, 0.2) is 0 Å². The SMILES string of the molecule is CCCCC/C=C\C/C=C\CCCCCCCC(=O)[O-].CCCCC/C=C\C/C=C\CCCCCCCC(=O)[O-].[SnH2+2]. The van der Waals surface area contributed by atoms with Gasteiger partial charge in [0.05, 0.1) is 0 Å². The average Bonchev–Trinajstić information content (AvgIpc) is 2.93. The van der Waals surface area contributed by atoms with Gasteiger partial charge in [0, 0.05) is 11.9 Å². The molecule has 0 amide bonds. The monoisotopic (exact) mass is 680 g/mol. The minimum atomic E-state index is -0.921. The van der Waals surface area contributed by atoms with E-state index in [4.69, 9.17) is 0 Å². The van der Waals surface area contributed by atoms with Crippen molar-refractivity contribution in [3.63, 3.8) is 0 Å². The number of allylic oxidation sites excluding steroid dienone is 8. The van der Waals surface area contributed by atoms with Crippen molar-refractivity contribution >= 4 is 35.8 Å². The summed E-state index contributed by atoms with van der Waals surface area (Å²) in [5, 5.41) is 20.4. The molecule has 4 nitrogen and oxygen atoms in total. The van der Waals surface area contributed by atoms with Crippen LogP contribution in [0.15, 0.2) is 48.6 Å². The van der Waals surface area contributed by atoms with Gasteiger partial charge >= 0.3 is 23.9 Å². The molecular weight excluding hydrogens is 615 g/mol. The Kier molecular flexibility index (Phi) is 44.0. The molecular formula is C36H64O4Sn. The predicted octanol–water partition coefficient (Wildman–Crippen LogP) is 8.18. The first-order chi connectivity index (χ1) is 19.5. The summed E-state index contributed by atoms with van der Waals surface area (Å²) in [5.41, 5.74) is 0. The van der Waals surface area contributed by atoms with Gasteiger partial charge in [-0.2, -0.15) is 0 Å². The van der Waals surface area contributed by atoms with Crippen LogP contribution in [0.25, 0.3) is 0 Å². The molecule has 0 aliphatic carbocycles. The van der Waals surface area contributed by atoms with E-state index in [9.17, 15) is 19.8 Å². The van der Waals surface area contributed by atoms with Gasteiger partial charge < -0.3 is 19.8 Å². The van der Waals surface area contributed by atoms with Gasteiger partial charge in [-0.05, 0) is 89.9 Å². The maximum atomic E-state index is 10.2. The molecule has 41 heavy (non-hydrogen) atoms. The Bertz CT molecular complexity index is 596. The van der Waals surface area contributed by atoms with Gasteiger partial charge in [-0.3, -0.25) is 0 Å². The number of unbranched alkanes of at least 4 members (excludes halogenated alkanes) is 16. The van der Waals surface area contributed by atoms with Crippen LogP contribution in [0.1, 0.15) is 168 Å². The van der Waals surface area contributed by atoms with E-state index < -0.39 is 11.9 Å². The van der Waals surface area contributed by atoms with Crippen LogP contribution in [-0.4, -0.2) is 35.8 Å². The Balaban J connectivity index is -0.000000688. The zero-order valence-corrected chi connectivity index (χ0v) is 31.0. The standard InChI is InChI=1S/2C18H32O2.Sn.2H/c2*1-2-3-4-5-6-7-8-9-10-11-12-13-14-15-16-17-18(19)20;;;/h2*6-7,9-10H,2-5,8,11-17H2,1H3,(H,19,20);;;/q;;+2;;/p-2/b2*7-6-,10-9-;;;. The number of hydrogen-bond donors (Lipinski definition) is 0. The first-order valence-corrected chi connectivity index (χ1v) is 16.5. The Hall–Kier alpha value is -1.30. The average molecular weight is 680 g/mol. The van der Waals surface area contributed by atoms with Gasteiger partial charge in [0.2, 0.25) is 0 Å². The molecule has 0 aliphatic rings. The van der Waals surface area contributed by atoms with E-state index in [-0.39, 0.29) is 36.7 Å². The molecule has 0 N–H and O–H groups in total. The first-order valence-electron chi connectivity index (χ1n) is 16.5. The van der Waals surface area contributed by atoms with Gasteiger partial charge in [-0.1, -0.05) is 127 Å². The first kappa shape index (κ1) is 44.1. The third-order valence-electron chi connectivity index (χ3n) is 6.66. The molecule has 0 aromatic carbocycles. The summed E-state index contributed by atoms with van der Waals surface area (Å²) in [4.78, 5) is 20.4. The zero-order valence-electron chi connectivity index (χ0n) is 26.9. The Labute approximate surface area is 271 Å². The molecule has 0 fully saturated rings. The van der Waals surface area contributed by atoms with Crippen LogP contribution in [0.5, 0.6) is 0 Å². The van der Waals surface area contributed by atoms with E-state index in [1.165, 1.54) is 77.0 Å². The van der Waals surface area contributed by atoms with E-state index in [0.717, 1.165) is 64.2 Å². The fourth-order valence-corrected chi connectivity index (χ4v) is 4.16. The number of aliphatic carboxylic acids is 2. The summed E-state index contributed by atoms with van der Waals surface area (Å²) in [7, 11) is 0. The quantitative estimate of drug-likeness (QED) is 0.0475. The molecule has 0 rings (SSSR count). The van der Waals surface area contributed by atoms with Crippen LogP contribution >= 0.6 is 0 Å². The molecule has 236 valence electrons. The summed E-state index contributed by atoms with van der Waals surface area (Å²) in [5.74, 6) is -1.84. The molecule has 0 atom stereocenters. The molecule has 0 saturated carbocycles. The summed E-state index contributed by atoms with van der Waals surface area (Å²) in [6.45, 7) is 4.46. The summed E-state index contributed by atoms with van der Waals surface area (Å²) >= 11 is 0. The van der Waals surface area contributed by atoms with Crippen LogP contribution in [0, 0.1) is 0 Å². The summed E-state index contributed by atoms with van der Waals surface area (Å²) in [6, 6.07) is 0. The Morgan fingerprint density at radius 3 is 0.976 bits per heavy atom. The number of rotatable bonds is 28. The van der Waals surface area contributed by atoms with E-state index in [0.29, 0.717) is 0 Å². The van der Waals surface area contributed by atoms with Crippen molar-refractivity contribution in [1.82, 2.24) is 0 Å². The van der Waals surface area contributed by atoms with E-state index in [1.807, 2.05) is 0 Å². The van der Waals surface area contributed by atoms with Crippen LogP contribution in [0.3, 0.4) is 0 Å². The molecule has 0 radical (unpaired) electrons. The Morgan fingerprint density at radius 1 is 0.415 bits per heavy atom. The van der Waals surface area contributed by atoms with Crippen molar-refractivity contribution < 1.29 is 19.8 Å². The number of carbonyl (C=O) groups is 2. The maximum absolute atomic E-state index is 10.2. The number of hydrogen-bond acceptors (Lipinski definition) is 4.